The molecule has 0 radical (unpaired) electrons. The van der Waals surface area contributed by atoms with E-state index in [9.17, 15) is 13.2 Å². The van der Waals surface area contributed by atoms with Crippen molar-refractivity contribution < 1.29 is 17.9 Å². The van der Waals surface area contributed by atoms with Crippen LogP contribution in [0.3, 0.4) is 0 Å². The number of ether oxygens (including phenoxy) is 1. The lowest BCUT2D eigenvalue weighted by Gasteiger charge is -2.29. The second-order valence-electron chi connectivity index (χ2n) is 6.48. The summed E-state index contributed by atoms with van der Waals surface area (Å²) in [4.78, 5) is 0. The molecule has 1 aliphatic rings. The van der Waals surface area contributed by atoms with Crippen LogP contribution in [0, 0.1) is 24.4 Å². The molecule has 0 spiro atoms. The van der Waals surface area contributed by atoms with E-state index in [1.165, 1.54) is 6.07 Å². The second kappa shape index (κ2) is 7.39. The monoisotopic (exact) mass is 334 g/mol. The molecule has 2 aromatic rings. The topological polar surface area (TPSA) is 9.23 Å². The molecule has 0 saturated heterocycles. The van der Waals surface area contributed by atoms with Crippen LogP contribution >= 0.6 is 0 Å². The van der Waals surface area contributed by atoms with E-state index in [0.29, 0.717) is 16.7 Å². The Morgan fingerprint density at radius 1 is 0.917 bits per heavy atom. The number of hydrogen-bond acceptors (Lipinski definition) is 1. The molecule has 3 rings (SSSR count). The Bertz CT molecular complexity index is 706. The van der Waals surface area contributed by atoms with E-state index in [1.807, 2.05) is 0 Å². The van der Waals surface area contributed by atoms with Crippen molar-refractivity contribution in [2.75, 3.05) is 0 Å². The quantitative estimate of drug-likeness (QED) is 0.701. The zero-order chi connectivity index (χ0) is 17.1. The molecule has 1 saturated carbocycles. The molecule has 0 amide bonds. The minimum Gasteiger partial charge on any atom is -0.373 e. The molecule has 1 aliphatic carbocycles. The van der Waals surface area contributed by atoms with Gasteiger partial charge in [-0.3, -0.25) is 0 Å². The molecule has 0 unspecified atom stereocenters. The Kier molecular flexibility index (Phi) is 5.24. The van der Waals surface area contributed by atoms with Crippen molar-refractivity contribution in [3.05, 3.63) is 70.5 Å². The van der Waals surface area contributed by atoms with Gasteiger partial charge in [0.25, 0.3) is 0 Å². The fourth-order valence-corrected chi connectivity index (χ4v) is 3.34. The smallest absolute Gasteiger partial charge is 0.162 e. The van der Waals surface area contributed by atoms with Crippen molar-refractivity contribution in [1.29, 1.82) is 0 Å². The lowest BCUT2D eigenvalue weighted by Crippen LogP contribution is -2.21. The predicted octanol–water partition coefficient (Wildman–Crippen LogP) is 5.66. The minimum atomic E-state index is -0.745. The fourth-order valence-electron chi connectivity index (χ4n) is 3.34. The molecule has 0 bridgehead atoms. The van der Waals surface area contributed by atoms with Crippen LogP contribution in [0.25, 0.3) is 0 Å². The third-order valence-electron chi connectivity index (χ3n) is 4.85. The molecule has 0 heterocycles. The van der Waals surface area contributed by atoms with Crippen LogP contribution in [0.2, 0.25) is 0 Å². The van der Waals surface area contributed by atoms with E-state index in [-0.39, 0.29) is 24.4 Å². The first-order chi connectivity index (χ1) is 11.6. The second-order valence-corrected chi connectivity index (χ2v) is 6.48. The molecule has 1 nitrogen and oxygen atoms in total. The highest BCUT2D eigenvalue weighted by Gasteiger charge is 2.26. The first-order valence-electron chi connectivity index (χ1n) is 8.35. The summed E-state index contributed by atoms with van der Waals surface area (Å²) >= 11 is 0. The van der Waals surface area contributed by atoms with E-state index in [0.717, 1.165) is 25.7 Å². The molecule has 1 fully saturated rings. The Morgan fingerprint density at radius 3 is 2.33 bits per heavy atom. The largest absolute Gasteiger partial charge is 0.373 e. The maximum absolute atomic E-state index is 14.1. The van der Waals surface area contributed by atoms with Gasteiger partial charge in [-0.2, -0.15) is 0 Å². The van der Waals surface area contributed by atoms with Gasteiger partial charge in [-0.15, -0.1) is 0 Å². The molecule has 0 aliphatic heterocycles. The van der Waals surface area contributed by atoms with E-state index in [2.05, 4.69) is 0 Å². The van der Waals surface area contributed by atoms with E-state index in [1.54, 1.807) is 37.3 Å². The highest BCUT2D eigenvalue weighted by atomic mass is 19.2. The van der Waals surface area contributed by atoms with Gasteiger partial charge in [0.05, 0.1) is 12.7 Å². The molecule has 0 N–H and O–H groups in total. The number of rotatable bonds is 4. The van der Waals surface area contributed by atoms with Gasteiger partial charge in [-0.1, -0.05) is 30.3 Å². The van der Waals surface area contributed by atoms with E-state index >= 15 is 0 Å². The third-order valence-corrected chi connectivity index (χ3v) is 4.85. The molecule has 4 heteroatoms. The molecule has 128 valence electrons. The lowest BCUT2D eigenvalue weighted by atomic mass is 9.82. The molecular weight excluding hydrogens is 313 g/mol. The molecule has 2 aromatic carbocycles. The first kappa shape index (κ1) is 17.0. The van der Waals surface area contributed by atoms with Crippen LogP contribution < -0.4 is 0 Å². The standard InChI is InChI=1S/C20H21F3O/c1-13-6-11-17(20(23)19(13)22)14-7-9-16(10-8-14)24-12-15-4-2-3-5-18(15)21/h2-6,11,14,16H,7-10,12H2,1H3. The number of halogens is 3. The SMILES string of the molecule is Cc1ccc(C2CCC(OCc3ccccc3F)CC2)c(F)c1F. The van der Waals surface area contributed by atoms with Crippen molar-refractivity contribution in [2.24, 2.45) is 0 Å². The zero-order valence-electron chi connectivity index (χ0n) is 13.7. The minimum absolute atomic E-state index is 0.0217. The van der Waals surface area contributed by atoms with E-state index < -0.39 is 11.6 Å². The van der Waals surface area contributed by atoms with Gasteiger partial charge in [-0.05, 0) is 55.7 Å². The maximum atomic E-state index is 14.1. The maximum Gasteiger partial charge on any atom is 0.162 e. The average Bonchev–Trinajstić information content (AvgIpc) is 2.60. The number of hydrogen-bond donors (Lipinski definition) is 0. The Balaban J connectivity index is 1.56. The normalized spacial score (nSPS) is 21.0. The molecule has 0 aromatic heterocycles. The fraction of sp³-hybridized carbons (Fsp3) is 0.400. The van der Waals surface area contributed by atoms with Crippen LogP contribution in [-0.4, -0.2) is 6.10 Å². The summed E-state index contributed by atoms with van der Waals surface area (Å²) in [7, 11) is 0. The van der Waals surface area contributed by atoms with Gasteiger partial charge < -0.3 is 4.74 Å². The van der Waals surface area contributed by atoms with E-state index in [4.69, 9.17) is 4.74 Å². The van der Waals surface area contributed by atoms with Crippen LogP contribution in [0.15, 0.2) is 36.4 Å². The zero-order valence-corrected chi connectivity index (χ0v) is 13.7. The molecular formula is C20H21F3O. The van der Waals surface area contributed by atoms with Crippen molar-refractivity contribution in [3.63, 3.8) is 0 Å². The van der Waals surface area contributed by atoms with Gasteiger partial charge >= 0.3 is 0 Å². The number of aryl methyl sites for hydroxylation is 1. The van der Waals surface area contributed by atoms with Crippen molar-refractivity contribution in [2.45, 2.75) is 51.2 Å². The Morgan fingerprint density at radius 2 is 1.62 bits per heavy atom. The van der Waals surface area contributed by atoms with Crippen LogP contribution in [-0.2, 0) is 11.3 Å². The Hall–Kier alpha value is -1.81. The number of benzene rings is 2. The van der Waals surface area contributed by atoms with Crippen LogP contribution in [0.4, 0.5) is 13.2 Å². The molecule has 0 atom stereocenters. The van der Waals surface area contributed by atoms with Crippen LogP contribution in [0.1, 0.15) is 48.3 Å². The summed E-state index contributed by atoms with van der Waals surface area (Å²) in [6.07, 6.45) is 3.09. The van der Waals surface area contributed by atoms with Gasteiger partial charge in [0.1, 0.15) is 5.82 Å². The van der Waals surface area contributed by atoms with Crippen molar-refractivity contribution >= 4 is 0 Å². The average molecular weight is 334 g/mol. The summed E-state index contributed by atoms with van der Waals surface area (Å²) in [6, 6.07) is 9.90. The van der Waals surface area contributed by atoms with Gasteiger partial charge in [0.2, 0.25) is 0 Å². The van der Waals surface area contributed by atoms with Crippen molar-refractivity contribution in [3.8, 4) is 0 Å². The highest BCUT2D eigenvalue weighted by Crippen LogP contribution is 2.36. The van der Waals surface area contributed by atoms with Gasteiger partial charge in [0.15, 0.2) is 11.6 Å². The van der Waals surface area contributed by atoms with Crippen LogP contribution in [0.5, 0.6) is 0 Å². The summed E-state index contributed by atoms with van der Waals surface area (Å²) in [5.74, 6) is -1.70. The van der Waals surface area contributed by atoms with Crippen molar-refractivity contribution in [1.82, 2.24) is 0 Å². The van der Waals surface area contributed by atoms with Gasteiger partial charge in [0, 0.05) is 5.56 Å². The Labute approximate surface area is 140 Å². The summed E-state index contributed by atoms with van der Waals surface area (Å²) in [6.45, 7) is 1.81. The lowest BCUT2D eigenvalue weighted by molar-refractivity contribution is 0.0119. The summed E-state index contributed by atoms with van der Waals surface area (Å²) in [5.41, 5.74) is 1.34. The highest BCUT2D eigenvalue weighted by molar-refractivity contribution is 5.28. The third kappa shape index (κ3) is 3.64. The first-order valence-corrected chi connectivity index (χ1v) is 8.35. The predicted molar refractivity (Wildman–Crippen MR) is 87.3 cm³/mol. The van der Waals surface area contributed by atoms with Gasteiger partial charge in [-0.25, -0.2) is 13.2 Å². The summed E-state index contributed by atoms with van der Waals surface area (Å²) in [5, 5.41) is 0. The summed E-state index contributed by atoms with van der Waals surface area (Å²) < 4.78 is 47.2. The molecule has 24 heavy (non-hydrogen) atoms.